The van der Waals surface area contributed by atoms with E-state index in [1.165, 1.54) is 0 Å². The van der Waals surface area contributed by atoms with Gasteiger partial charge in [-0.3, -0.25) is 9.59 Å². The van der Waals surface area contributed by atoms with Gasteiger partial charge >= 0.3 is 5.97 Å². The number of halogens is 1. The summed E-state index contributed by atoms with van der Waals surface area (Å²) in [5, 5.41) is 6.78. The Hall–Kier alpha value is -2.34. The normalized spacial score (nSPS) is 11.8. The highest BCUT2D eigenvalue weighted by atomic mass is 35.5. The maximum Gasteiger partial charge on any atom is 0.311 e. The summed E-state index contributed by atoms with van der Waals surface area (Å²) in [6, 6.07) is 9.65. The zero-order chi connectivity index (χ0) is 18.9. The highest BCUT2D eigenvalue weighted by Gasteiger charge is 2.21. The standard InChI is InChI=1S/C19H23ClN2O4/c1-3-25-19(24)15(11-14-7-5-4-6-8-14)12-21-17(23)10-9-16-13(2)22-26-18(16)20/h4-8,15H,3,9-12H2,1-2H3,(H,21,23). The zero-order valence-corrected chi connectivity index (χ0v) is 15.7. The summed E-state index contributed by atoms with van der Waals surface area (Å²) >= 11 is 5.90. The molecule has 1 atom stereocenters. The highest BCUT2D eigenvalue weighted by molar-refractivity contribution is 6.29. The maximum absolute atomic E-state index is 12.2. The number of hydrogen-bond donors (Lipinski definition) is 1. The van der Waals surface area contributed by atoms with Gasteiger partial charge in [0.25, 0.3) is 0 Å². The summed E-state index contributed by atoms with van der Waals surface area (Å²) < 4.78 is 10.0. The third-order valence-electron chi connectivity index (χ3n) is 4.03. The van der Waals surface area contributed by atoms with Crippen molar-refractivity contribution in [3.05, 3.63) is 52.4 Å². The fourth-order valence-corrected chi connectivity index (χ4v) is 2.87. The monoisotopic (exact) mass is 378 g/mol. The van der Waals surface area contributed by atoms with E-state index in [0.717, 1.165) is 11.1 Å². The number of amides is 1. The van der Waals surface area contributed by atoms with Crippen molar-refractivity contribution in [2.45, 2.75) is 33.1 Å². The summed E-state index contributed by atoms with van der Waals surface area (Å²) in [5.74, 6) is -0.902. The van der Waals surface area contributed by atoms with Crippen LogP contribution in [-0.2, 0) is 27.2 Å². The Morgan fingerprint density at radius 1 is 1.31 bits per heavy atom. The Morgan fingerprint density at radius 3 is 2.65 bits per heavy atom. The van der Waals surface area contributed by atoms with Crippen LogP contribution in [0.3, 0.4) is 0 Å². The minimum Gasteiger partial charge on any atom is -0.466 e. The number of hydrogen-bond acceptors (Lipinski definition) is 5. The molecule has 0 spiro atoms. The average molecular weight is 379 g/mol. The number of nitrogens with one attached hydrogen (secondary N) is 1. The SMILES string of the molecule is CCOC(=O)C(CNC(=O)CCc1c(C)noc1Cl)Cc1ccccc1. The molecular formula is C19H23ClN2O4. The minimum atomic E-state index is -0.429. The lowest BCUT2D eigenvalue weighted by Crippen LogP contribution is -2.35. The third-order valence-corrected chi connectivity index (χ3v) is 4.33. The van der Waals surface area contributed by atoms with Gasteiger partial charge in [0.05, 0.1) is 18.2 Å². The summed E-state index contributed by atoms with van der Waals surface area (Å²) in [4.78, 5) is 24.3. The van der Waals surface area contributed by atoms with E-state index in [0.29, 0.717) is 25.1 Å². The first-order valence-electron chi connectivity index (χ1n) is 8.59. The molecule has 1 aromatic heterocycles. The predicted octanol–water partition coefficient (Wildman–Crippen LogP) is 3.11. The van der Waals surface area contributed by atoms with Crippen LogP contribution in [0.25, 0.3) is 0 Å². The van der Waals surface area contributed by atoms with Gasteiger partial charge in [0, 0.05) is 18.5 Å². The molecule has 0 aliphatic carbocycles. The second-order valence-corrected chi connectivity index (χ2v) is 6.31. The van der Waals surface area contributed by atoms with Crippen molar-refractivity contribution in [3.8, 4) is 0 Å². The number of rotatable bonds is 9. The molecule has 0 saturated heterocycles. The molecule has 7 heteroatoms. The van der Waals surface area contributed by atoms with E-state index in [4.69, 9.17) is 20.9 Å². The Bertz CT molecular complexity index is 711. The van der Waals surface area contributed by atoms with Gasteiger partial charge < -0.3 is 14.6 Å². The van der Waals surface area contributed by atoms with Crippen LogP contribution in [0.1, 0.15) is 30.2 Å². The van der Waals surface area contributed by atoms with Crippen molar-refractivity contribution in [3.63, 3.8) is 0 Å². The highest BCUT2D eigenvalue weighted by Crippen LogP contribution is 2.20. The smallest absolute Gasteiger partial charge is 0.311 e. The van der Waals surface area contributed by atoms with E-state index >= 15 is 0 Å². The predicted molar refractivity (Wildman–Crippen MR) is 97.8 cm³/mol. The van der Waals surface area contributed by atoms with Crippen LogP contribution in [-0.4, -0.2) is 30.2 Å². The van der Waals surface area contributed by atoms with Gasteiger partial charge in [-0.2, -0.15) is 0 Å². The van der Waals surface area contributed by atoms with Crippen LogP contribution in [0, 0.1) is 12.8 Å². The molecule has 1 N–H and O–H groups in total. The van der Waals surface area contributed by atoms with Crippen LogP contribution in [0.5, 0.6) is 0 Å². The second-order valence-electron chi connectivity index (χ2n) is 5.96. The van der Waals surface area contributed by atoms with Crippen molar-refractivity contribution in [1.82, 2.24) is 10.5 Å². The number of esters is 1. The first-order valence-corrected chi connectivity index (χ1v) is 8.97. The first-order chi connectivity index (χ1) is 12.5. The molecule has 2 rings (SSSR count). The molecule has 2 aromatic rings. The van der Waals surface area contributed by atoms with Crippen molar-refractivity contribution < 1.29 is 18.8 Å². The molecule has 26 heavy (non-hydrogen) atoms. The van der Waals surface area contributed by atoms with Gasteiger partial charge in [-0.15, -0.1) is 0 Å². The number of ether oxygens (including phenoxy) is 1. The van der Waals surface area contributed by atoms with Crippen molar-refractivity contribution in [2.24, 2.45) is 5.92 Å². The number of aromatic nitrogens is 1. The first kappa shape index (κ1) is 20.0. The molecule has 0 radical (unpaired) electrons. The van der Waals surface area contributed by atoms with Gasteiger partial charge in [0.15, 0.2) is 0 Å². The molecule has 0 aliphatic rings. The minimum absolute atomic E-state index is 0.163. The molecule has 6 nitrogen and oxygen atoms in total. The maximum atomic E-state index is 12.2. The molecule has 0 fully saturated rings. The lowest BCUT2D eigenvalue weighted by Gasteiger charge is -2.16. The molecule has 1 heterocycles. The molecule has 0 bridgehead atoms. The summed E-state index contributed by atoms with van der Waals surface area (Å²) in [6.45, 7) is 4.08. The van der Waals surface area contributed by atoms with Gasteiger partial charge in [0.1, 0.15) is 0 Å². The molecule has 1 amide bonds. The molecular weight excluding hydrogens is 356 g/mol. The van der Waals surface area contributed by atoms with E-state index in [9.17, 15) is 9.59 Å². The van der Waals surface area contributed by atoms with Crippen LogP contribution in [0.15, 0.2) is 34.9 Å². The van der Waals surface area contributed by atoms with Crippen molar-refractivity contribution in [1.29, 1.82) is 0 Å². The summed E-state index contributed by atoms with van der Waals surface area (Å²) in [6.07, 6.45) is 1.18. The molecule has 1 unspecified atom stereocenters. The van der Waals surface area contributed by atoms with Gasteiger partial charge in [0.2, 0.25) is 11.1 Å². The fourth-order valence-electron chi connectivity index (χ4n) is 2.60. The second kappa shape index (κ2) is 9.97. The van der Waals surface area contributed by atoms with Crippen LogP contribution in [0.2, 0.25) is 5.22 Å². The van der Waals surface area contributed by atoms with Crippen molar-refractivity contribution in [2.75, 3.05) is 13.2 Å². The Labute approximate surface area is 157 Å². The number of carbonyl (C=O) groups excluding carboxylic acids is 2. The van der Waals surface area contributed by atoms with E-state index < -0.39 is 5.92 Å². The van der Waals surface area contributed by atoms with Crippen LogP contribution >= 0.6 is 11.6 Å². The van der Waals surface area contributed by atoms with E-state index in [2.05, 4.69) is 10.5 Å². The number of aryl methyl sites for hydroxylation is 1. The van der Waals surface area contributed by atoms with E-state index in [1.54, 1.807) is 13.8 Å². The summed E-state index contributed by atoms with van der Waals surface area (Å²) in [5.41, 5.74) is 2.43. The number of benzene rings is 1. The third kappa shape index (κ3) is 5.88. The topological polar surface area (TPSA) is 81.4 Å². The van der Waals surface area contributed by atoms with Gasteiger partial charge in [-0.1, -0.05) is 35.5 Å². The lowest BCUT2D eigenvalue weighted by atomic mass is 9.99. The molecule has 0 aliphatic heterocycles. The largest absolute Gasteiger partial charge is 0.466 e. The Morgan fingerprint density at radius 2 is 2.04 bits per heavy atom. The fraction of sp³-hybridized carbons (Fsp3) is 0.421. The summed E-state index contributed by atoms with van der Waals surface area (Å²) in [7, 11) is 0. The van der Waals surface area contributed by atoms with Gasteiger partial charge in [-0.25, -0.2) is 0 Å². The van der Waals surface area contributed by atoms with Gasteiger partial charge in [-0.05, 0) is 43.9 Å². The average Bonchev–Trinajstić information content (AvgIpc) is 2.95. The molecule has 140 valence electrons. The van der Waals surface area contributed by atoms with Crippen LogP contribution in [0.4, 0.5) is 0 Å². The van der Waals surface area contributed by atoms with Crippen molar-refractivity contribution >= 4 is 23.5 Å². The molecule has 1 aromatic carbocycles. The number of carbonyl (C=O) groups is 2. The van der Waals surface area contributed by atoms with E-state index in [1.807, 2.05) is 30.3 Å². The Kier molecular flexibility index (Phi) is 7.66. The van der Waals surface area contributed by atoms with Crippen LogP contribution < -0.4 is 5.32 Å². The molecule has 0 saturated carbocycles. The quantitative estimate of drug-likeness (QED) is 0.678. The number of nitrogens with zero attached hydrogens (tertiary/aromatic N) is 1. The Balaban J connectivity index is 1.88. The van der Waals surface area contributed by atoms with E-state index in [-0.39, 0.29) is 30.1 Å². The zero-order valence-electron chi connectivity index (χ0n) is 15.0. The lowest BCUT2D eigenvalue weighted by molar-refractivity contribution is -0.147.